The Balaban J connectivity index is 1.51. The maximum atomic E-state index is 13.0. The van der Waals surface area contributed by atoms with Crippen LogP contribution in [0.2, 0.25) is 0 Å². The van der Waals surface area contributed by atoms with Crippen molar-refractivity contribution in [1.82, 2.24) is 19.7 Å². The van der Waals surface area contributed by atoms with Crippen molar-refractivity contribution >= 4 is 11.8 Å². The highest BCUT2D eigenvalue weighted by atomic mass is 16.3. The van der Waals surface area contributed by atoms with E-state index in [9.17, 15) is 9.59 Å². The molecule has 7 heteroatoms. The Kier molecular flexibility index (Phi) is 7.66. The Morgan fingerprint density at radius 1 is 1.00 bits per heavy atom. The maximum absolute atomic E-state index is 13.0. The first-order chi connectivity index (χ1) is 16.8. The lowest BCUT2D eigenvalue weighted by Gasteiger charge is -2.33. The van der Waals surface area contributed by atoms with Crippen molar-refractivity contribution in [2.24, 2.45) is 0 Å². The number of carbonyl (C=O) groups excluding carboxylic acids is 2. The van der Waals surface area contributed by atoms with Crippen LogP contribution < -0.4 is 0 Å². The van der Waals surface area contributed by atoms with E-state index >= 15 is 0 Å². The predicted octanol–water partition coefficient (Wildman–Crippen LogP) is 4.36. The number of benzene rings is 2. The molecule has 0 bridgehead atoms. The summed E-state index contributed by atoms with van der Waals surface area (Å²) >= 11 is 0. The van der Waals surface area contributed by atoms with E-state index in [0.29, 0.717) is 44.3 Å². The molecule has 184 valence electrons. The smallest absolute Gasteiger partial charge is 0.275 e. The molecule has 1 aromatic heterocycles. The maximum Gasteiger partial charge on any atom is 0.275 e. The van der Waals surface area contributed by atoms with Crippen LogP contribution in [0, 0.1) is 13.8 Å². The van der Waals surface area contributed by atoms with Crippen LogP contribution in [0.1, 0.15) is 58.5 Å². The van der Waals surface area contributed by atoms with Crippen molar-refractivity contribution in [3.05, 3.63) is 88.6 Å². The van der Waals surface area contributed by atoms with Crippen molar-refractivity contribution in [2.75, 3.05) is 26.2 Å². The van der Waals surface area contributed by atoms with Gasteiger partial charge in [0, 0.05) is 45.7 Å². The number of rotatable bonds is 7. The van der Waals surface area contributed by atoms with Crippen LogP contribution in [0.25, 0.3) is 0 Å². The molecule has 1 saturated heterocycles. The van der Waals surface area contributed by atoms with E-state index in [0.717, 1.165) is 6.54 Å². The predicted molar refractivity (Wildman–Crippen MR) is 135 cm³/mol. The van der Waals surface area contributed by atoms with Crippen molar-refractivity contribution in [3.8, 4) is 0 Å². The molecule has 0 spiro atoms. The zero-order chi connectivity index (χ0) is 24.9. The van der Waals surface area contributed by atoms with Crippen LogP contribution in [0.3, 0.4) is 0 Å². The van der Waals surface area contributed by atoms with Gasteiger partial charge in [0.1, 0.15) is 6.26 Å². The van der Waals surface area contributed by atoms with Gasteiger partial charge in [0.25, 0.3) is 5.91 Å². The molecule has 7 nitrogen and oxygen atoms in total. The molecule has 2 aromatic carbocycles. The Morgan fingerprint density at radius 3 is 2.37 bits per heavy atom. The van der Waals surface area contributed by atoms with Crippen molar-refractivity contribution < 1.29 is 14.0 Å². The fraction of sp³-hybridized carbons (Fsp3) is 0.393. The Hall–Kier alpha value is -3.45. The number of amides is 2. The van der Waals surface area contributed by atoms with Crippen LogP contribution in [-0.2, 0) is 17.9 Å². The van der Waals surface area contributed by atoms with Crippen molar-refractivity contribution in [2.45, 2.75) is 46.8 Å². The number of aromatic nitrogens is 1. The van der Waals surface area contributed by atoms with Gasteiger partial charge in [-0.15, -0.1) is 0 Å². The number of hydrogen-bond donors (Lipinski definition) is 0. The molecule has 1 aliphatic heterocycles. The summed E-state index contributed by atoms with van der Waals surface area (Å²) in [5, 5.41) is 0. The summed E-state index contributed by atoms with van der Waals surface area (Å²) in [5.74, 6) is 0.404. The monoisotopic (exact) mass is 474 g/mol. The van der Waals surface area contributed by atoms with E-state index in [1.165, 1.54) is 28.5 Å². The minimum absolute atomic E-state index is 0.0392. The Morgan fingerprint density at radius 2 is 1.69 bits per heavy atom. The van der Waals surface area contributed by atoms with E-state index in [1.807, 2.05) is 6.07 Å². The summed E-state index contributed by atoms with van der Waals surface area (Å²) in [6, 6.07) is 17.0. The minimum Gasteiger partial charge on any atom is -0.447 e. The van der Waals surface area contributed by atoms with Crippen LogP contribution in [0.4, 0.5) is 0 Å². The largest absolute Gasteiger partial charge is 0.447 e. The van der Waals surface area contributed by atoms with Gasteiger partial charge in [-0.25, -0.2) is 4.98 Å². The fourth-order valence-electron chi connectivity index (χ4n) is 4.50. The Bertz CT molecular complexity index is 1170. The molecule has 3 aromatic rings. The lowest BCUT2D eigenvalue weighted by atomic mass is 10.0. The van der Waals surface area contributed by atoms with Gasteiger partial charge in [-0.05, 0) is 37.5 Å². The topological polar surface area (TPSA) is 69.9 Å². The number of hydrogen-bond acceptors (Lipinski definition) is 5. The molecular weight excluding hydrogens is 440 g/mol. The number of carbonyl (C=O) groups is 2. The van der Waals surface area contributed by atoms with Crippen LogP contribution in [-0.4, -0.2) is 57.7 Å². The molecule has 1 fully saturated rings. The summed E-state index contributed by atoms with van der Waals surface area (Å²) in [4.78, 5) is 34.9. The van der Waals surface area contributed by atoms with Gasteiger partial charge in [0.15, 0.2) is 5.69 Å². The third-order valence-electron chi connectivity index (χ3n) is 6.83. The molecule has 0 aliphatic carbocycles. The third-order valence-corrected chi connectivity index (χ3v) is 6.83. The fourth-order valence-corrected chi connectivity index (χ4v) is 4.50. The first-order valence-electron chi connectivity index (χ1n) is 12.2. The summed E-state index contributed by atoms with van der Waals surface area (Å²) in [6.45, 7) is 11.3. The Labute approximate surface area is 207 Å². The SMILES string of the molecule is CC(=O)N1CCN(C(=O)c2coc(CN(Cc3cc(C)ccc3C)[C@H](C)c3ccccc3)n2)CC1. The number of piperazine rings is 1. The summed E-state index contributed by atoms with van der Waals surface area (Å²) in [6.07, 6.45) is 1.46. The second kappa shape index (κ2) is 10.9. The van der Waals surface area contributed by atoms with Gasteiger partial charge < -0.3 is 14.2 Å². The molecule has 2 amide bonds. The quantitative estimate of drug-likeness (QED) is 0.509. The molecule has 0 saturated carbocycles. The van der Waals surface area contributed by atoms with Gasteiger partial charge in [0.2, 0.25) is 11.8 Å². The molecule has 4 rings (SSSR count). The lowest BCUT2D eigenvalue weighted by molar-refractivity contribution is -0.130. The minimum atomic E-state index is -0.152. The van der Waals surface area contributed by atoms with Crippen LogP contribution >= 0.6 is 0 Å². The molecule has 0 radical (unpaired) electrons. The summed E-state index contributed by atoms with van der Waals surface area (Å²) in [5.41, 5.74) is 5.26. The summed E-state index contributed by atoms with van der Waals surface area (Å²) < 4.78 is 5.78. The molecule has 35 heavy (non-hydrogen) atoms. The average molecular weight is 475 g/mol. The first-order valence-corrected chi connectivity index (χ1v) is 12.2. The number of oxazole rings is 1. The van der Waals surface area contributed by atoms with E-state index in [1.54, 1.807) is 16.7 Å². The molecule has 1 atom stereocenters. The molecule has 0 unspecified atom stereocenters. The lowest BCUT2D eigenvalue weighted by Crippen LogP contribution is -2.50. The van der Waals surface area contributed by atoms with Gasteiger partial charge in [-0.3, -0.25) is 14.5 Å². The molecular formula is C28H34N4O3. The standard InChI is InChI=1S/C28H34N4O3/c1-20-10-11-21(2)25(16-20)17-32(22(3)24-8-6-5-7-9-24)18-27-29-26(19-35-27)28(34)31-14-12-30(13-15-31)23(4)33/h5-11,16,19,22H,12-15,17-18H2,1-4H3/t22-/m1/s1. The zero-order valence-electron chi connectivity index (χ0n) is 21.0. The van der Waals surface area contributed by atoms with Gasteiger partial charge in [-0.1, -0.05) is 54.1 Å². The first kappa shape index (κ1) is 24.7. The molecule has 1 aliphatic rings. The van der Waals surface area contributed by atoms with E-state index < -0.39 is 0 Å². The number of nitrogens with zero attached hydrogens (tertiary/aromatic N) is 4. The summed E-state index contributed by atoms with van der Waals surface area (Å²) in [7, 11) is 0. The highest BCUT2D eigenvalue weighted by Crippen LogP contribution is 2.26. The van der Waals surface area contributed by atoms with E-state index in [4.69, 9.17) is 4.42 Å². The highest BCUT2D eigenvalue weighted by Gasteiger charge is 2.26. The molecule has 2 heterocycles. The van der Waals surface area contributed by atoms with Crippen molar-refractivity contribution in [3.63, 3.8) is 0 Å². The van der Waals surface area contributed by atoms with Gasteiger partial charge >= 0.3 is 0 Å². The van der Waals surface area contributed by atoms with Crippen LogP contribution in [0.5, 0.6) is 0 Å². The van der Waals surface area contributed by atoms with Crippen LogP contribution in [0.15, 0.2) is 59.2 Å². The second-order valence-electron chi connectivity index (χ2n) is 9.35. The zero-order valence-corrected chi connectivity index (χ0v) is 21.0. The molecule has 0 N–H and O–H groups in total. The van der Waals surface area contributed by atoms with Crippen molar-refractivity contribution in [1.29, 1.82) is 0 Å². The van der Waals surface area contributed by atoms with E-state index in [-0.39, 0.29) is 17.9 Å². The van der Waals surface area contributed by atoms with E-state index in [2.05, 4.69) is 73.1 Å². The highest BCUT2D eigenvalue weighted by molar-refractivity contribution is 5.92. The van der Waals surface area contributed by atoms with Gasteiger partial charge in [-0.2, -0.15) is 0 Å². The number of aryl methyl sites for hydroxylation is 2. The average Bonchev–Trinajstić information content (AvgIpc) is 3.34. The second-order valence-corrected chi connectivity index (χ2v) is 9.35. The third kappa shape index (κ3) is 5.98. The normalized spacial score (nSPS) is 14.9. The van der Waals surface area contributed by atoms with Gasteiger partial charge in [0.05, 0.1) is 6.54 Å².